The summed E-state index contributed by atoms with van der Waals surface area (Å²) in [5.74, 6) is 0. The van der Waals surface area contributed by atoms with Gasteiger partial charge in [-0.3, -0.25) is 0 Å². The molecule has 1 aromatic carbocycles. The predicted octanol–water partition coefficient (Wildman–Crippen LogP) is 3.05. The molecule has 0 saturated heterocycles. The second kappa shape index (κ2) is 4.96. The fourth-order valence-electron chi connectivity index (χ4n) is 1.14. The second-order valence-electron chi connectivity index (χ2n) is 5.14. The van der Waals surface area contributed by atoms with Crippen LogP contribution < -0.4 is 4.72 Å². The van der Waals surface area contributed by atoms with Crippen molar-refractivity contribution in [2.24, 2.45) is 5.41 Å². The lowest BCUT2D eigenvalue weighted by Crippen LogP contribution is -2.41. The molecule has 0 aliphatic rings. The van der Waals surface area contributed by atoms with Crippen LogP contribution in [0.15, 0.2) is 29.2 Å². The summed E-state index contributed by atoms with van der Waals surface area (Å²) in [6.07, 6.45) is 0. The number of benzene rings is 1. The van der Waals surface area contributed by atoms with Crippen molar-refractivity contribution in [3.63, 3.8) is 0 Å². The molecule has 0 spiro atoms. The summed E-state index contributed by atoms with van der Waals surface area (Å²) in [7, 11) is -3.56. The molecule has 1 atom stereocenters. The molecule has 0 saturated carbocycles. The molecule has 0 aliphatic heterocycles. The van der Waals surface area contributed by atoms with Crippen molar-refractivity contribution in [3.05, 3.63) is 29.3 Å². The number of hydrogen-bond acceptors (Lipinski definition) is 2. The van der Waals surface area contributed by atoms with Crippen LogP contribution >= 0.6 is 11.6 Å². The van der Waals surface area contributed by atoms with Crippen LogP contribution in [0.4, 0.5) is 0 Å². The van der Waals surface area contributed by atoms with Gasteiger partial charge in [-0.05, 0) is 24.5 Å². The number of sulfonamides is 1. The number of nitrogens with one attached hydrogen (secondary N) is 1. The first kappa shape index (κ1) is 14.5. The van der Waals surface area contributed by atoms with Gasteiger partial charge in [0.15, 0.2) is 0 Å². The Labute approximate surface area is 108 Å². The Morgan fingerprint density at radius 2 is 1.76 bits per heavy atom. The summed E-state index contributed by atoms with van der Waals surface area (Å²) in [4.78, 5) is 0.123. The van der Waals surface area contributed by atoms with Crippen molar-refractivity contribution >= 4 is 21.6 Å². The van der Waals surface area contributed by atoms with Gasteiger partial charge in [0, 0.05) is 6.04 Å². The van der Waals surface area contributed by atoms with Gasteiger partial charge in [-0.2, -0.15) is 0 Å². The predicted molar refractivity (Wildman–Crippen MR) is 70.7 cm³/mol. The summed E-state index contributed by atoms with van der Waals surface area (Å²) in [5.41, 5.74) is -0.145. The van der Waals surface area contributed by atoms with Crippen molar-refractivity contribution in [2.75, 3.05) is 0 Å². The molecule has 0 aliphatic carbocycles. The zero-order valence-corrected chi connectivity index (χ0v) is 12.1. The highest BCUT2D eigenvalue weighted by Crippen LogP contribution is 2.24. The van der Waals surface area contributed by atoms with Gasteiger partial charge >= 0.3 is 0 Å². The zero-order chi connectivity index (χ0) is 13.3. The Hall–Kier alpha value is -0.580. The minimum atomic E-state index is -3.56. The lowest BCUT2D eigenvalue weighted by Gasteiger charge is -2.27. The maximum Gasteiger partial charge on any atom is 0.242 e. The Balaban J connectivity index is 3.03. The van der Waals surface area contributed by atoms with E-state index in [1.165, 1.54) is 6.07 Å². The molecule has 1 rings (SSSR count). The third kappa shape index (κ3) is 3.69. The molecule has 0 fully saturated rings. The lowest BCUT2D eigenvalue weighted by molar-refractivity contribution is 0.317. The molecule has 96 valence electrons. The molecule has 17 heavy (non-hydrogen) atoms. The summed E-state index contributed by atoms with van der Waals surface area (Å²) in [5, 5.41) is 0.237. The molecule has 0 heterocycles. The summed E-state index contributed by atoms with van der Waals surface area (Å²) < 4.78 is 26.9. The third-order valence-electron chi connectivity index (χ3n) is 2.76. The van der Waals surface area contributed by atoms with Crippen molar-refractivity contribution in [1.29, 1.82) is 0 Å². The van der Waals surface area contributed by atoms with Crippen LogP contribution in [-0.4, -0.2) is 14.5 Å². The Bertz CT molecular complexity index is 491. The summed E-state index contributed by atoms with van der Waals surface area (Å²) in [6, 6.07) is 6.25. The number of hydrogen-bond donors (Lipinski definition) is 1. The van der Waals surface area contributed by atoms with Crippen LogP contribution in [0.3, 0.4) is 0 Å². The van der Waals surface area contributed by atoms with Gasteiger partial charge in [-0.15, -0.1) is 0 Å². The first-order valence-corrected chi connectivity index (χ1v) is 7.27. The quantitative estimate of drug-likeness (QED) is 0.922. The molecule has 5 heteroatoms. The van der Waals surface area contributed by atoms with Crippen LogP contribution in [0, 0.1) is 5.41 Å². The van der Waals surface area contributed by atoms with E-state index < -0.39 is 10.0 Å². The van der Waals surface area contributed by atoms with Gasteiger partial charge in [-0.1, -0.05) is 44.5 Å². The molecule has 1 N–H and O–H groups in total. The van der Waals surface area contributed by atoms with E-state index in [1.54, 1.807) is 18.2 Å². The number of rotatable bonds is 3. The van der Waals surface area contributed by atoms with Crippen molar-refractivity contribution in [3.8, 4) is 0 Å². The van der Waals surface area contributed by atoms with Gasteiger partial charge in [0.05, 0.1) is 5.02 Å². The van der Waals surface area contributed by atoms with E-state index in [0.29, 0.717) is 0 Å². The van der Waals surface area contributed by atoms with E-state index in [-0.39, 0.29) is 21.4 Å². The average Bonchev–Trinajstić information content (AvgIpc) is 2.15. The van der Waals surface area contributed by atoms with Gasteiger partial charge in [0.25, 0.3) is 0 Å². The average molecular weight is 276 g/mol. The van der Waals surface area contributed by atoms with Crippen LogP contribution in [0.5, 0.6) is 0 Å². The highest BCUT2D eigenvalue weighted by atomic mass is 35.5. The largest absolute Gasteiger partial charge is 0.242 e. The maximum absolute atomic E-state index is 12.1. The minimum absolute atomic E-state index is 0.123. The second-order valence-corrected chi connectivity index (χ2v) is 7.23. The summed E-state index contributed by atoms with van der Waals surface area (Å²) in [6.45, 7) is 7.78. The number of halogens is 1. The Morgan fingerprint density at radius 3 is 2.24 bits per heavy atom. The smallest absolute Gasteiger partial charge is 0.208 e. The molecular formula is C12H18ClNO2S. The molecule has 1 aromatic rings. The molecule has 0 unspecified atom stereocenters. The van der Waals surface area contributed by atoms with Gasteiger partial charge < -0.3 is 0 Å². The molecule has 0 radical (unpaired) electrons. The standard InChI is InChI=1S/C12H18ClNO2S/c1-9(12(2,3)4)14-17(15,16)11-8-6-5-7-10(11)13/h5-9,14H,1-4H3/t9-/m1/s1. The van der Waals surface area contributed by atoms with E-state index in [2.05, 4.69) is 4.72 Å². The fourth-order valence-corrected chi connectivity index (χ4v) is 3.10. The van der Waals surface area contributed by atoms with E-state index in [4.69, 9.17) is 11.6 Å². The van der Waals surface area contributed by atoms with E-state index >= 15 is 0 Å². The first-order valence-electron chi connectivity index (χ1n) is 5.41. The van der Waals surface area contributed by atoms with Gasteiger partial charge in [0.1, 0.15) is 4.90 Å². The van der Waals surface area contributed by atoms with Crippen molar-refractivity contribution < 1.29 is 8.42 Å². The van der Waals surface area contributed by atoms with Crippen LogP contribution in [0.1, 0.15) is 27.7 Å². The van der Waals surface area contributed by atoms with Gasteiger partial charge in [-0.25, -0.2) is 13.1 Å². The Morgan fingerprint density at radius 1 is 1.24 bits per heavy atom. The van der Waals surface area contributed by atoms with Crippen LogP contribution in [0.25, 0.3) is 0 Å². The molecular weight excluding hydrogens is 258 g/mol. The van der Waals surface area contributed by atoms with Crippen molar-refractivity contribution in [1.82, 2.24) is 4.72 Å². The summed E-state index contributed by atoms with van der Waals surface area (Å²) >= 11 is 5.89. The first-order chi connectivity index (χ1) is 7.64. The van der Waals surface area contributed by atoms with Crippen LogP contribution in [0.2, 0.25) is 5.02 Å². The monoisotopic (exact) mass is 275 g/mol. The SMILES string of the molecule is C[C@@H](NS(=O)(=O)c1ccccc1Cl)C(C)(C)C. The van der Waals surface area contributed by atoms with Crippen LogP contribution in [-0.2, 0) is 10.0 Å². The minimum Gasteiger partial charge on any atom is -0.208 e. The molecule has 0 aromatic heterocycles. The highest BCUT2D eigenvalue weighted by molar-refractivity contribution is 7.89. The fraction of sp³-hybridized carbons (Fsp3) is 0.500. The topological polar surface area (TPSA) is 46.2 Å². The normalized spacial score (nSPS) is 14.6. The van der Waals surface area contributed by atoms with E-state index in [1.807, 2.05) is 27.7 Å². The lowest BCUT2D eigenvalue weighted by atomic mass is 9.89. The highest BCUT2D eigenvalue weighted by Gasteiger charge is 2.26. The van der Waals surface area contributed by atoms with Gasteiger partial charge in [0.2, 0.25) is 10.0 Å². The van der Waals surface area contributed by atoms with E-state index in [9.17, 15) is 8.42 Å². The maximum atomic E-state index is 12.1. The van der Waals surface area contributed by atoms with E-state index in [0.717, 1.165) is 0 Å². The zero-order valence-electron chi connectivity index (χ0n) is 10.5. The third-order valence-corrected chi connectivity index (χ3v) is 4.80. The molecule has 0 bridgehead atoms. The molecule has 0 amide bonds. The Kier molecular flexibility index (Phi) is 4.23. The molecule has 3 nitrogen and oxygen atoms in total. The van der Waals surface area contributed by atoms with Crippen molar-refractivity contribution in [2.45, 2.75) is 38.6 Å².